The number of amides is 1. The van der Waals surface area contributed by atoms with Crippen molar-refractivity contribution < 1.29 is 4.79 Å². The number of piperidine rings is 1. The van der Waals surface area contributed by atoms with Crippen molar-refractivity contribution in [1.29, 1.82) is 0 Å². The van der Waals surface area contributed by atoms with Gasteiger partial charge in [-0.15, -0.1) is 0 Å². The van der Waals surface area contributed by atoms with Crippen molar-refractivity contribution in [3.63, 3.8) is 0 Å². The summed E-state index contributed by atoms with van der Waals surface area (Å²) in [5.41, 5.74) is 8.93. The van der Waals surface area contributed by atoms with Crippen molar-refractivity contribution in [2.75, 3.05) is 18.8 Å². The fraction of sp³-hybridized carbons (Fsp3) is 0.273. The van der Waals surface area contributed by atoms with Gasteiger partial charge < -0.3 is 15.2 Å². The lowest BCUT2D eigenvalue weighted by Gasteiger charge is -2.33. The first-order valence-corrected chi connectivity index (χ1v) is 10.1. The number of likely N-dealkylation sites (tertiary alicyclic amines) is 1. The van der Waals surface area contributed by atoms with Gasteiger partial charge in [-0.1, -0.05) is 23.7 Å². The summed E-state index contributed by atoms with van der Waals surface area (Å²) in [7, 11) is 1.64. The second-order valence-electron chi connectivity index (χ2n) is 7.49. The Hall–Kier alpha value is -3.19. The van der Waals surface area contributed by atoms with Crippen LogP contribution in [0.1, 0.15) is 34.8 Å². The molecule has 1 amide bonds. The molecule has 154 valence electrons. The average molecular weight is 424 g/mol. The molecule has 8 heteroatoms. The number of halogens is 1. The third-order valence-corrected chi connectivity index (χ3v) is 5.67. The third-order valence-electron chi connectivity index (χ3n) is 5.42. The van der Waals surface area contributed by atoms with Gasteiger partial charge in [0.05, 0.1) is 11.3 Å². The van der Waals surface area contributed by atoms with Crippen LogP contribution in [0.5, 0.6) is 0 Å². The van der Waals surface area contributed by atoms with Crippen LogP contribution in [-0.4, -0.2) is 38.4 Å². The summed E-state index contributed by atoms with van der Waals surface area (Å²) < 4.78 is 1.42. The van der Waals surface area contributed by atoms with E-state index in [-0.39, 0.29) is 23.3 Å². The summed E-state index contributed by atoms with van der Waals surface area (Å²) in [5.74, 6) is 0.154. The van der Waals surface area contributed by atoms with E-state index in [4.69, 9.17) is 17.3 Å². The van der Waals surface area contributed by atoms with Gasteiger partial charge >= 0.3 is 0 Å². The number of benzene rings is 1. The van der Waals surface area contributed by atoms with Crippen molar-refractivity contribution in [2.45, 2.75) is 18.8 Å². The zero-order valence-electron chi connectivity index (χ0n) is 16.6. The standard InChI is InChI=1S/C22H22ClN5O2/c1-27-12-16(6-9-19(27)29)21(30)28-10-2-3-15(13-28)20-18(11-25-22(24)26-20)14-4-7-17(23)8-5-14/h4-9,11-12,15H,2-3,10,13H2,1H3,(H2,24,25,26). The molecule has 0 saturated carbocycles. The molecule has 1 aliphatic rings. The predicted octanol–water partition coefficient (Wildman–Crippen LogP) is 3.10. The van der Waals surface area contributed by atoms with E-state index in [9.17, 15) is 9.59 Å². The number of anilines is 1. The highest BCUT2D eigenvalue weighted by molar-refractivity contribution is 6.30. The molecule has 3 heterocycles. The van der Waals surface area contributed by atoms with Crippen molar-refractivity contribution in [3.05, 3.63) is 75.4 Å². The molecule has 2 N–H and O–H groups in total. The molecule has 1 aliphatic heterocycles. The molecule has 1 fully saturated rings. The molecule has 1 unspecified atom stereocenters. The van der Waals surface area contributed by atoms with Gasteiger partial charge in [0.25, 0.3) is 5.91 Å². The topological polar surface area (TPSA) is 94.1 Å². The number of nitrogens with zero attached hydrogens (tertiary/aromatic N) is 4. The van der Waals surface area contributed by atoms with Crippen LogP contribution in [0.15, 0.2) is 53.6 Å². The number of carbonyl (C=O) groups is 1. The lowest BCUT2D eigenvalue weighted by molar-refractivity contribution is 0.0705. The van der Waals surface area contributed by atoms with E-state index in [1.165, 1.54) is 10.6 Å². The van der Waals surface area contributed by atoms with Crippen LogP contribution in [0.25, 0.3) is 11.1 Å². The van der Waals surface area contributed by atoms with Gasteiger partial charge in [0.15, 0.2) is 0 Å². The smallest absolute Gasteiger partial charge is 0.255 e. The maximum absolute atomic E-state index is 13.0. The zero-order chi connectivity index (χ0) is 21.3. The number of rotatable bonds is 3. The van der Waals surface area contributed by atoms with Gasteiger partial charge in [-0.2, -0.15) is 0 Å². The van der Waals surface area contributed by atoms with Gasteiger partial charge in [-0.25, -0.2) is 9.97 Å². The summed E-state index contributed by atoms with van der Waals surface area (Å²) in [5, 5.41) is 0.656. The molecule has 1 aromatic carbocycles. The first kappa shape index (κ1) is 20.1. The van der Waals surface area contributed by atoms with Crippen LogP contribution in [0.2, 0.25) is 5.02 Å². The molecule has 0 spiro atoms. The molecule has 0 radical (unpaired) electrons. The summed E-state index contributed by atoms with van der Waals surface area (Å²) in [4.78, 5) is 35.2. The number of aryl methyl sites for hydroxylation is 1. The Bertz CT molecular complexity index is 1140. The molecule has 7 nitrogen and oxygen atoms in total. The molecule has 4 rings (SSSR count). The minimum atomic E-state index is -0.146. The van der Waals surface area contributed by atoms with Crippen molar-refractivity contribution in [3.8, 4) is 11.1 Å². The average Bonchev–Trinajstić information content (AvgIpc) is 2.76. The van der Waals surface area contributed by atoms with Gasteiger partial charge in [-0.3, -0.25) is 9.59 Å². The molecular weight excluding hydrogens is 402 g/mol. The van der Waals surface area contributed by atoms with E-state index in [1.807, 2.05) is 29.2 Å². The number of pyridine rings is 1. The second-order valence-corrected chi connectivity index (χ2v) is 7.93. The Kier molecular flexibility index (Phi) is 5.55. The maximum Gasteiger partial charge on any atom is 0.255 e. The number of nitrogen functional groups attached to an aromatic ring is 1. The van der Waals surface area contributed by atoms with Crippen LogP contribution in [-0.2, 0) is 7.05 Å². The predicted molar refractivity (Wildman–Crippen MR) is 116 cm³/mol. The van der Waals surface area contributed by atoms with Crippen molar-refractivity contribution >= 4 is 23.5 Å². The molecule has 1 saturated heterocycles. The van der Waals surface area contributed by atoms with Gasteiger partial charge in [0.1, 0.15) is 0 Å². The summed E-state index contributed by atoms with van der Waals surface area (Å²) in [6.45, 7) is 1.19. The SMILES string of the molecule is Cn1cc(C(=O)N2CCCC(c3nc(N)ncc3-c3ccc(Cl)cc3)C2)ccc1=O. The van der Waals surface area contributed by atoms with Crippen LogP contribution in [0.3, 0.4) is 0 Å². The number of hydrogen-bond donors (Lipinski definition) is 1. The van der Waals surface area contributed by atoms with Crippen LogP contribution < -0.4 is 11.3 Å². The quantitative estimate of drug-likeness (QED) is 0.698. The van der Waals surface area contributed by atoms with Crippen molar-refractivity contribution in [1.82, 2.24) is 19.4 Å². The minimum Gasteiger partial charge on any atom is -0.368 e. The van der Waals surface area contributed by atoms with Crippen molar-refractivity contribution in [2.24, 2.45) is 7.05 Å². The monoisotopic (exact) mass is 423 g/mol. The lowest BCUT2D eigenvalue weighted by Crippen LogP contribution is -2.40. The van der Waals surface area contributed by atoms with Crippen LogP contribution >= 0.6 is 11.6 Å². The number of hydrogen-bond acceptors (Lipinski definition) is 5. The van der Waals surface area contributed by atoms with Gasteiger partial charge in [0.2, 0.25) is 11.5 Å². The van der Waals surface area contributed by atoms with E-state index < -0.39 is 0 Å². The Morgan fingerprint density at radius 1 is 1.20 bits per heavy atom. The van der Waals surface area contributed by atoms with E-state index >= 15 is 0 Å². The van der Waals surface area contributed by atoms with E-state index in [0.29, 0.717) is 23.7 Å². The Balaban J connectivity index is 1.64. The van der Waals surface area contributed by atoms with Gasteiger partial charge in [0, 0.05) is 55.1 Å². The first-order chi connectivity index (χ1) is 14.4. The Labute approximate surface area is 179 Å². The molecule has 2 aromatic heterocycles. The summed E-state index contributed by atoms with van der Waals surface area (Å²) >= 11 is 6.03. The molecular formula is C22H22ClN5O2. The van der Waals surface area contributed by atoms with E-state index in [2.05, 4.69) is 9.97 Å². The Morgan fingerprint density at radius 3 is 2.70 bits per heavy atom. The number of aromatic nitrogens is 3. The fourth-order valence-corrected chi connectivity index (χ4v) is 3.99. The lowest BCUT2D eigenvalue weighted by atomic mass is 9.89. The molecule has 1 atom stereocenters. The minimum absolute atomic E-state index is 0.0335. The highest BCUT2D eigenvalue weighted by Crippen LogP contribution is 2.34. The third kappa shape index (κ3) is 4.07. The number of carbonyl (C=O) groups excluding carboxylic acids is 1. The van der Waals surface area contributed by atoms with Crippen LogP contribution in [0, 0.1) is 0 Å². The van der Waals surface area contributed by atoms with Crippen LogP contribution in [0.4, 0.5) is 5.95 Å². The highest BCUT2D eigenvalue weighted by atomic mass is 35.5. The highest BCUT2D eigenvalue weighted by Gasteiger charge is 2.28. The second kappa shape index (κ2) is 8.28. The fourth-order valence-electron chi connectivity index (χ4n) is 3.86. The molecule has 0 bridgehead atoms. The first-order valence-electron chi connectivity index (χ1n) is 9.76. The largest absolute Gasteiger partial charge is 0.368 e. The molecule has 0 aliphatic carbocycles. The van der Waals surface area contributed by atoms with Gasteiger partial charge in [-0.05, 0) is 36.6 Å². The molecule has 3 aromatic rings. The Morgan fingerprint density at radius 2 is 1.97 bits per heavy atom. The van der Waals surface area contributed by atoms with E-state index in [0.717, 1.165) is 29.7 Å². The molecule has 30 heavy (non-hydrogen) atoms. The maximum atomic E-state index is 13.0. The summed E-state index contributed by atoms with van der Waals surface area (Å²) in [6.07, 6.45) is 5.06. The number of nitrogens with two attached hydrogens (primary N) is 1. The van der Waals surface area contributed by atoms with E-state index in [1.54, 1.807) is 25.5 Å². The summed E-state index contributed by atoms with van der Waals surface area (Å²) in [6, 6.07) is 10.5. The zero-order valence-corrected chi connectivity index (χ0v) is 17.3. The normalized spacial score (nSPS) is 16.5.